The monoisotopic (exact) mass is 376 g/mol. The number of benzene rings is 2. The van der Waals surface area contributed by atoms with E-state index in [4.69, 9.17) is 15.8 Å². The van der Waals surface area contributed by atoms with E-state index in [2.05, 4.69) is 5.10 Å². The summed E-state index contributed by atoms with van der Waals surface area (Å²) in [4.78, 5) is 0.0833. The first-order valence-corrected chi connectivity index (χ1v) is 9.51. The first-order chi connectivity index (χ1) is 11.9. The quantitative estimate of drug-likeness (QED) is 0.618. The summed E-state index contributed by atoms with van der Waals surface area (Å²) in [7, 11) is -3.96. The second-order valence-corrected chi connectivity index (χ2v) is 7.79. The summed E-state index contributed by atoms with van der Waals surface area (Å²) < 4.78 is 31.9. The number of aromatic nitrogens is 2. The van der Waals surface area contributed by atoms with Gasteiger partial charge in [-0.05, 0) is 36.2 Å². The zero-order chi connectivity index (χ0) is 18.0. The average molecular weight is 377 g/mol. The van der Waals surface area contributed by atoms with Crippen LogP contribution in [0.4, 0.5) is 0 Å². The molecule has 25 heavy (non-hydrogen) atoms. The number of hydrogen-bond acceptors (Lipinski definition) is 4. The molecule has 0 spiro atoms. The van der Waals surface area contributed by atoms with Gasteiger partial charge in [0.2, 0.25) is 5.88 Å². The highest BCUT2D eigenvalue weighted by atomic mass is 35.5. The van der Waals surface area contributed by atoms with Crippen LogP contribution < -0.4 is 4.18 Å². The van der Waals surface area contributed by atoms with Crippen molar-refractivity contribution in [2.45, 2.75) is 24.7 Å². The Balaban J connectivity index is 2.06. The van der Waals surface area contributed by atoms with Crippen molar-refractivity contribution in [3.63, 3.8) is 0 Å². The van der Waals surface area contributed by atoms with Crippen LogP contribution in [0.1, 0.15) is 25.5 Å². The molecule has 0 atom stereocenters. The summed E-state index contributed by atoms with van der Waals surface area (Å²) in [6, 6.07) is 16.6. The van der Waals surface area contributed by atoms with Gasteiger partial charge < -0.3 is 4.18 Å². The molecule has 0 saturated heterocycles. The molecule has 0 aliphatic carbocycles. The molecule has 130 valence electrons. The van der Waals surface area contributed by atoms with Crippen LogP contribution in [0.25, 0.3) is 5.69 Å². The lowest BCUT2D eigenvalue weighted by Crippen LogP contribution is -2.12. The highest BCUT2D eigenvalue weighted by Gasteiger charge is 2.21. The molecule has 0 radical (unpaired) electrons. The van der Waals surface area contributed by atoms with Crippen molar-refractivity contribution in [2.24, 2.45) is 0 Å². The second kappa shape index (κ2) is 6.90. The summed E-state index contributed by atoms with van der Waals surface area (Å²) >= 11 is 6.05. The number of rotatable bonds is 5. The second-order valence-electron chi connectivity index (χ2n) is 5.80. The molecular formula is C18H17ClN2O3S. The maximum absolute atomic E-state index is 12.5. The number of halogens is 1. The summed E-state index contributed by atoms with van der Waals surface area (Å²) in [6.07, 6.45) is 0. The van der Waals surface area contributed by atoms with Crippen molar-refractivity contribution in [2.75, 3.05) is 0 Å². The van der Waals surface area contributed by atoms with Crippen molar-refractivity contribution < 1.29 is 12.6 Å². The van der Waals surface area contributed by atoms with Gasteiger partial charge in [-0.3, -0.25) is 0 Å². The van der Waals surface area contributed by atoms with Gasteiger partial charge in [0, 0.05) is 11.1 Å². The molecule has 0 amide bonds. The maximum Gasteiger partial charge on any atom is 0.340 e. The fraction of sp³-hybridized carbons (Fsp3) is 0.167. The number of hydrogen-bond donors (Lipinski definition) is 0. The van der Waals surface area contributed by atoms with Gasteiger partial charge in [0.1, 0.15) is 4.90 Å². The maximum atomic E-state index is 12.5. The predicted octanol–water partition coefficient (Wildman–Crippen LogP) is 4.42. The molecule has 0 fully saturated rings. The Morgan fingerprint density at radius 3 is 2.40 bits per heavy atom. The van der Waals surface area contributed by atoms with Crippen LogP contribution >= 0.6 is 11.6 Å². The van der Waals surface area contributed by atoms with Crippen molar-refractivity contribution in [3.8, 4) is 11.6 Å². The summed E-state index contributed by atoms with van der Waals surface area (Å²) in [6.45, 7) is 3.94. The van der Waals surface area contributed by atoms with Crippen LogP contribution in [-0.4, -0.2) is 18.2 Å². The highest BCUT2D eigenvalue weighted by molar-refractivity contribution is 7.87. The lowest BCUT2D eigenvalue weighted by atomic mass is 10.1. The Kier molecular flexibility index (Phi) is 4.83. The van der Waals surface area contributed by atoms with Crippen molar-refractivity contribution in [1.82, 2.24) is 9.78 Å². The molecule has 0 aliphatic rings. The SMILES string of the molecule is CC(C)c1cc(OS(=O)(=O)c2ccccc2)n(-c2cccc(Cl)c2)n1. The molecule has 0 bridgehead atoms. The third kappa shape index (κ3) is 3.86. The minimum atomic E-state index is -3.96. The fourth-order valence-electron chi connectivity index (χ4n) is 2.26. The van der Waals surface area contributed by atoms with Crippen LogP contribution in [0.3, 0.4) is 0 Å². The smallest absolute Gasteiger partial charge is 0.340 e. The predicted molar refractivity (Wildman–Crippen MR) is 96.9 cm³/mol. The van der Waals surface area contributed by atoms with Crippen molar-refractivity contribution in [3.05, 3.63) is 71.4 Å². The molecule has 5 nitrogen and oxygen atoms in total. The van der Waals surface area contributed by atoms with Crippen LogP contribution in [0, 0.1) is 0 Å². The standard InChI is InChI=1S/C18H17ClN2O3S/c1-13(2)17-12-18(21(20-17)15-8-6-7-14(19)11-15)24-25(22,23)16-9-4-3-5-10-16/h3-13H,1-2H3. The first-order valence-electron chi connectivity index (χ1n) is 7.72. The van der Waals surface area contributed by atoms with E-state index >= 15 is 0 Å². The Bertz CT molecular complexity index is 983. The fourth-order valence-corrected chi connectivity index (χ4v) is 3.38. The Hall–Kier alpha value is -2.31. The zero-order valence-corrected chi connectivity index (χ0v) is 15.3. The Morgan fingerprint density at radius 2 is 1.76 bits per heavy atom. The normalized spacial score (nSPS) is 11.7. The van der Waals surface area contributed by atoms with E-state index in [9.17, 15) is 8.42 Å². The molecule has 7 heteroatoms. The van der Waals surface area contributed by atoms with Gasteiger partial charge >= 0.3 is 10.1 Å². The van der Waals surface area contributed by atoms with Gasteiger partial charge in [0.05, 0.1) is 11.4 Å². The van der Waals surface area contributed by atoms with Gasteiger partial charge in [0.15, 0.2) is 0 Å². The summed E-state index contributed by atoms with van der Waals surface area (Å²) in [5, 5.41) is 4.99. The Labute approximate surface area is 151 Å². The molecular weight excluding hydrogens is 360 g/mol. The van der Waals surface area contributed by atoms with E-state index in [1.807, 2.05) is 13.8 Å². The molecule has 1 aromatic heterocycles. The van der Waals surface area contributed by atoms with Gasteiger partial charge in [-0.1, -0.05) is 49.7 Å². The molecule has 2 aromatic carbocycles. The zero-order valence-electron chi connectivity index (χ0n) is 13.8. The third-order valence-corrected chi connectivity index (χ3v) is 5.04. The van der Waals surface area contributed by atoms with E-state index < -0.39 is 10.1 Å². The van der Waals surface area contributed by atoms with Gasteiger partial charge in [0.25, 0.3) is 0 Å². The van der Waals surface area contributed by atoms with E-state index in [-0.39, 0.29) is 16.7 Å². The van der Waals surface area contributed by atoms with Gasteiger partial charge in [-0.15, -0.1) is 0 Å². The van der Waals surface area contributed by atoms with Crippen molar-refractivity contribution >= 4 is 21.7 Å². The van der Waals surface area contributed by atoms with Crippen LogP contribution in [-0.2, 0) is 10.1 Å². The van der Waals surface area contributed by atoms with E-state index in [0.717, 1.165) is 5.69 Å². The number of nitrogens with zero attached hydrogens (tertiary/aromatic N) is 2. The lowest BCUT2D eigenvalue weighted by Gasteiger charge is -2.09. The first kappa shape index (κ1) is 17.5. The molecule has 0 unspecified atom stereocenters. The van der Waals surface area contributed by atoms with Crippen LogP contribution in [0.2, 0.25) is 5.02 Å². The minimum absolute atomic E-state index is 0.0833. The van der Waals surface area contributed by atoms with Crippen LogP contribution in [0.5, 0.6) is 5.88 Å². The topological polar surface area (TPSA) is 61.2 Å². The molecule has 0 N–H and O–H groups in total. The average Bonchev–Trinajstić information content (AvgIpc) is 2.99. The summed E-state index contributed by atoms with van der Waals surface area (Å²) in [5.41, 5.74) is 1.34. The molecule has 3 rings (SSSR count). The minimum Gasteiger partial charge on any atom is -0.358 e. The lowest BCUT2D eigenvalue weighted by molar-refractivity contribution is 0.465. The molecule has 1 heterocycles. The third-order valence-electron chi connectivity index (χ3n) is 3.57. The largest absolute Gasteiger partial charge is 0.358 e. The van der Waals surface area contributed by atoms with E-state index in [1.165, 1.54) is 16.8 Å². The Morgan fingerprint density at radius 1 is 1.04 bits per heavy atom. The summed E-state index contributed by atoms with van der Waals surface area (Å²) in [5.74, 6) is 0.233. The van der Waals surface area contributed by atoms with E-state index in [0.29, 0.717) is 10.7 Å². The van der Waals surface area contributed by atoms with E-state index in [1.54, 1.807) is 48.5 Å². The van der Waals surface area contributed by atoms with Gasteiger partial charge in [-0.25, -0.2) is 0 Å². The highest BCUT2D eigenvalue weighted by Crippen LogP contribution is 2.27. The molecule has 0 aliphatic heterocycles. The van der Waals surface area contributed by atoms with Crippen LogP contribution in [0.15, 0.2) is 65.6 Å². The molecule has 3 aromatic rings. The van der Waals surface area contributed by atoms with Gasteiger partial charge in [-0.2, -0.15) is 18.2 Å². The van der Waals surface area contributed by atoms with Crippen molar-refractivity contribution in [1.29, 1.82) is 0 Å². The molecule has 0 saturated carbocycles.